The molecule has 3 amide bonds. The fourth-order valence-electron chi connectivity index (χ4n) is 13.9. The second-order valence-corrected chi connectivity index (χ2v) is 30.8. The average Bonchev–Trinajstić information content (AvgIpc) is 1.70. The van der Waals surface area contributed by atoms with Gasteiger partial charge in [0.15, 0.2) is 32.4 Å². The maximum atomic E-state index is 12.5. The third-order valence-electron chi connectivity index (χ3n) is 20.0. The van der Waals surface area contributed by atoms with Crippen LogP contribution < -0.4 is 53.9 Å². The van der Waals surface area contributed by atoms with E-state index in [0.717, 1.165) is 133 Å². The monoisotopic (exact) mass is 1620 g/mol. The van der Waals surface area contributed by atoms with Crippen molar-refractivity contribution in [3.63, 3.8) is 0 Å². The molecular formula is C89H77ClN20O8S. The Hall–Kier alpha value is -15.2. The first kappa shape index (κ1) is 77.7. The number of aromatic amines is 4. The van der Waals surface area contributed by atoms with E-state index in [2.05, 4.69) is 82.3 Å². The summed E-state index contributed by atoms with van der Waals surface area (Å²) in [7, 11) is -3.29. The van der Waals surface area contributed by atoms with Crippen LogP contribution >= 0.6 is 11.6 Å². The summed E-state index contributed by atoms with van der Waals surface area (Å²) in [5.41, 5.74) is 18.6. The molecule has 2 aliphatic rings. The number of aromatic nitrogens is 13. The second kappa shape index (κ2) is 34.8. The van der Waals surface area contributed by atoms with E-state index in [0.29, 0.717) is 51.7 Å². The highest BCUT2D eigenvalue weighted by Crippen LogP contribution is 2.34. The molecule has 594 valence electrons. The first-order valence-electron chi connectivity index (χ1n) is 38.2. The standard InChI is InChI=1S/C26H20ClN5O2.C22H22N6O.C22H19N5O2.C19H16N4O3S/c27-21-4-2-1-3-19(21)16-30-26(34)17-5-7-20(8-6-17)31-22-9-10-23(32-14-13-29-25(22)32)18-11-12-28-24(33)15-18;29-22(27-17-3-1-2-4-17)15-5-7-18(8-6-15)26-19-9-10-20(16-13-24-25-14-16)28-12-11-23-21(19)28;28-20-13-15(9-10-23-20)19-8-7-18(21-24-11-12-27(19)21)25-16-3-1-14(2-4-16)22(29)26-17-5-6-17;1-27(25,26)15-4-2-3-14(12-15)22-16-5-6-17(23-10-9-21-19(16)23)13-7-8-20-18(24)11-13/h1-15,31H,16H2,(H,28,33)(H,30,34);5-14,17,26H,1-4H2,(H,24,25)(H,27,29);1-4,7-13,17,25H,5-6H2,(H,23,28)(H,26,29);2-12,22H,1H3,(H,20,24). The highest BCUT2D eigenvalue weighted by molar-refractivity contribution is 7.90. The van der Waals surface area contributed by atoms with Gasteiger partial charge in [0.05, 0.1) is 56.6 Å². The maximum Gasteiger partial charge on any atom is 0.251 e. The molecular weight excluding hydrogens is 1540 g/mol. The van der Waals surface area contributed by atoms with Crippen molar-refractivity contribution in [2.24, 2.45) is 0 Å². The fourth-order valence-corrected chi connectivity index (χ4v) is 14.8. The number of sulfone groups is 1. The number of amides is 3. The highest BCUT2D eigenvalue weighted by Gasteiger charge is 2.25. The molecule has 2 aliphatic carbocycles. The van der Waals surface area contributed by atoms with E-state index in [4.69, 9.17) is 11.6 Å². The minimum absolute atomic E-state index is 0.00330. The Labute approximate surface area is 684 Å². The van der Waals surface area contributed by atoms with Gasteiger partial charge in [-0.15, -0.1) is 0 Å². The van der Waals surface area contributed by atoms with Gasteiger partial charge in [-0.05, 0) is 195 Å². The molecule has 30 heteroatoms. The predicted molar refractivity (Wildman–Crippen MR) is 461 cm³/mol. The van der Waals surface area contributed by atoms with Crippen LogP contribution in [0.2, 0.25) is 5.02 Å². The van der Waals surface area contributed by atoms with Crippen molar-refractivity contribution in [2.75, 3.05) is 27.5 Å². The van der Waals surface area contributed by atoms with Crippen LogP contribution in [0.3, 0.4) is 0 Å². The number of carbonyl (C=O) groups is 3. The molecule has 12 heterocycles. The van der Waals surface area contributed by atoms with Crippen molar-refractivity contribution in [1.82, 2.24) is 78.6 Å². The fraction of sp³-hybridized carbons (Fsp3) is 0.112. The van der Waals surface area contributed by atoms with Crippen LogP contribution in [-0.2, 0) is 16.4 Å². The van der Waals surface area contributed by atoms with E-state index >= 15 is 0 Å². The minimum atomic E-state index is -3.29. The zero-order valence-electron chi connectivity index (χ0n) is 63.8. The number of fused-ring (bicyclic) bond motifs is 4. The van der Waals surface area contributed by atoms with Crippen LogP contribution in [0.1, 0.15) is 75.2 Å². The van der Waals surface area contributed by atoms with E-state index < -0.39 is 9.84 Å². The molecule has 5 aromatic carbocycles. The molecule has 19 rings (SSSR count). The number of benzene rings is 5. The number of nitrogens with zero attached hydrogens (tertiary/aromatic N) is 9. The molecule has 0 aliphatic heterocycles. The topological polar surface area (TPSA) is 366 Å². The molecule has 0 atom stereocenters. The molecule has 2 fully saturated rings. The number of rotatable bonds is 20. The van der Waals surface area contributed by atoms with Crippen LogP contribution in [0, 0.1) is 0 Å². The SMILES string of the molecule is CS(=O)(=O)c1cccc(Nc2ccc(-c3cc[nH]c(=O)c3)n3ccnc23)c1.O=C(NC1CC1)c1ccc(Nc2ccc(-c3cc[nH]c(=O)c3)n3ccnc23)cc1.O=C(NC1CCCC1)c1ccc(Nc2ccc(-c3cn[nH]c3)n3ccnc23)cc1.O=C(NCc1ccccc1Cl)c1ccc(Nc2ccc(-c3cc[nH]c(=O)c3)n3ccnc23)cc1. The van der Waals surface area contributed by atoms with E-state index in [-0.39, 0.29) is 39.3 Å². The van der Waals surface area contributed by atoms with E-state index in [1.165, 1.54) is 25.2 Å². The van der Waals surface area contributed by atoms with Gasteiger partial charge in [0, 0.05) is 184 Å². The summed E-state index contributed by atoms with van der Waals surface area (Å²) in [4.78, 5) is 98.0. The molecule has 119 heavy (non-hydrogen) atoms. The first-order valence-corrected chi connectivity index (χ1v) is 40.4. The smallest absolute Gasteiger partial charge is 0.251 e. The van der Waals surface area contributed by atoms with Gasteiger partial charge in [-0.25, -0.2) is 28.4 Å². The maximum absolute atomic E-state index is 12.5. The summed E-state index contributed by atoms with van der Waals surface area (Å²) in [6, 6.07) is 62.5. The van der Waals surface area contributed by atoms with Gasteiger partial charge in [0.1, 0.15) is 0 Å². The van der Waals surface area contributed by atoms with Gasteiger partial charge in [0.25, 0.3) is 17.7 Å². The molecule has 0 unspecified atom stereocenters. The quantitative estimate of drug-likeness (QED) is 0.0338. The average molecular weight is 1620 g/mol. The molecule has 11 N–H and O–H groups in total. The number of H-pyrrole nitrogens is 4. The third kappa shape index (κ3) is 18.5. The number of carbonyl (C=O) groups excluding carboxylic acids is 3. The molecule has 2 saturated carbocycles. The van der Waals surface area contributed by atoms with Gasteiger partial charge in [-0.3, -0.25) is 51.5 Å². The Morgan fingerprint density at radius 2 is 0.815 bits per heavy atom. The van der Waals surface area contributed by atoms with Crippen molar-refractivity contribution >= 4 is 107 Å². The van der Waals surface area contributed by atoms with Crippen molar-refractivity contribution in [3.05, 3.63) is 345 Å². The molecule has 17 aromatic rings. The van der Waals surface area contributed by atoms with Crippen LogP contribution in [0.25, 0.3) is 67.6 Å². The zero-order valence-corrected chi connectivity index (χ0v) is 65.4. The Bertz CT molecular complexity index is 6870. The lowest BCUT2D eigenvalue weighted by Crippen LogP contribution is -2.32. The van der Waals surface area contributed by atoms with Gasteiger partial charge in [0.2, 0.25) is 16.7 Å². The summed E-state index contributed by atoms with van der Waals surface area (Å²) in [5.74, 6) is -0.204. The van der Waals surface area contributed by atoms with Gasteiger partial charge in [-0.2, -0.15) is 5.10 Å². The number of halogens is 1. The normalized spacial score (nSPS) is 12.5. The van der Waals surface area contributed by atoms with Gasteiger partial charge >= 0.3 is 0 Å². The van der Waals surface area contributed by atoms with Crippen LogP contribution in [-0.4, -0.2) is 107 Å². The van der Waals surface area contributed by atoms with Crippen LogP contribution in [0.4, 0.5) is 45.5 Å². The van der Waals surface area contributed by atoms with Crippen LogP contribution in [0.5, 0.6) is 0 Å². The number of hydrogen-bond acceptors (Lipinski definition) is 17. The molecule has 0 saturated heterocycles. The van der Waals surface area contributed by atoms with Crippen LogP contribution in [0.15, 0.2) is 306 Å². The highest BCUT2D eigenvalue weighted by atomic mass is 35.5. The molecule has 12 aromatic heterocycles. The molecule has 0 bridgehead atoms. The van der Waals surface area contributed by atoms with E-state index in [1.54, 1.807) is 104 Å². The van der Waals surface area contributed by atoms with Crippen molar-refractivity contribution in [2.45, 2.75) is 62.0 Å². The number of pyridine rings is 7. The molecule has 28 nitrogen and oxygen atoms in total. The Kier molecular flexibility index (Phi) is 22.8. The largest absolute Gasteiger partial charge is 0.352 e. The zero-order chi connectivity index (χ0) is 81.9. The Morgan fingerprint density at radius 3 is 1.19 bits per heavy atom. The summed E-state index contributed by atoms with van der Waals surface area (Å²) < 4.78 is 31.3. The molecule has 0 spiro atoms. The Morgan fingerprint density at radius 1 is 0.429 bits per heavy atom. The van der Waals surface area contributed by atoms with Crippen molar-refractivity contribution < 1.29 is 22.8 Å². The van der Waals surface area contributed by atoms with E-state index in [9.17, 15) is 37.2 Å². The lowest BCUT2D eigenvalue weighted by molar-refractivity contribution is 0.0932. The van der Waals surface area contributed by atoms with Gasteiger partial charge in [-0.1, -0.05) is 48.7 Å². The summed E-state index contributed by atoms with van der Waals surface area (Å²) in [5, 5.41) is 29.8. The number of imidazole rings is 4. The summed E-state index contributed by atoms with van der Waals surface area (Å²) in [6.45, 7) is 0.357. The Balaban J connectivity index is 0.000000119. The number of hydrogen-bond donors (Lipinski definition) is 11. The van der Waals surface area contributed by atoms with Crippen molar-refractivity contribution in [1.29, 1.82) is 0 Å². The number of anilines is 8. The lowest BCUT2D eigenvalue weighted by atomic mass is 10.1. The molecule has 0 radical (unpaired) electrons. The van der Waals surface area contributed by atoms with Crippen molar-refractivity contribution in [3.8, 4) is 45.0 Å². The second-order valence-electron chi connectivity index (χ2n) is 28.3. The summed E-state index contributed by atoms with van der Waals surface area (Å²) >= 11 is 6.15. The minimum Gasteiger partial charge on any atom is -0.352 e. The third-order valence-corrected chi connectivity index (χ3v) is 21.5. The summed E-state index contributed by atoms with van der Waals surface area (Å²) in [6.07, 6.45) is 30.7. The van der Waals surface area contributed by atoms with E-state index in [1.807, 2.05) is 194 Å². The van der Waals surface area contributed by atoms with Gasteiger partial charge < -0.3 is 52.2 Å². The number of nitrogens with one attached hydrogen (secondary N) is 11. The first-order chi connectivity index (χ1) is 57.9. The lowest BCUT2D eigenvalue weighted by Gasteiger charge is -2.13. The predicted octanol–water partition coefficient (Wildman–Crippen LogP) is 15.3.